The van der Waals surface area contributed by atoms with Crippen LogP contribution in [0.2, 0.25) is 0 Å². The number of nitrogens with two attached hydrogens (primary N) is 1. The van der Waals surface area contributed by atoms with Crippen LogP contribution < -0.4 is 11.1 Å². The van der Waals surface area contributed by atoms with Crippen molar-refractivity contribution in [3.8, 4) is 0 Å². The van der Waals surface area contributed by atoms with Crippen LogP contribution in [0.5, 0.6) is 0 Å². The Hall–Kier alpha value is -2.55. The minimum Gasteiger partial charge on any atom is -0.398 e. The van der Waals surface area contributed by atoms with Gasteiger partial charge >= 0.3 is 0 Å². The molecule has 21 heavy (non-hydrogen) atoms. The second-order valence-electron chi connectivity index (χ2n) is 5.47. The molecule has 0 aliphatic carbocycles. The fraction of sp³-hybridized carbons (Fsp3) is 0.167. The van der Waals surface area contributed by atoms with E-state index in [2.05, 4.69) is 42.3 Å². The second-order valence-corrected chi connectivity index (χ2v) is 5.47. The van der Waals surface area contributed by atoms with Crippen molar-refractivity contribution in [2.75, 3.05) is 11.1 Å². The summed E-state index contributed by atoms with van der Waals surface area (Å²) >= 11 is 0. The van der Waals surface area contributed by atoms with Crippen molar-refractivity contribution in [1.29, 1.82) is 0 Å². The Morgan fingerprint density at radius 1 is 0.952 bits per heavy atom. The van der Waals surface area contributed by atoms with Crippen LogP contribution in [0.3, 0.4) is 0 Å². The van der Waals surface area contributed by atoms with Gasteiger partial charge in [-0.25, -0.2) is 0 Å². The summed E-state index contributed by atoms with van der Waals surface area (Å²) in [5.41, 5.74) is 11.1. The molecule has 0 saturated carbocycles. The van der Waals surface area contributed by atoms with Crippen molar-refractivity contribution in [2.45, 2.75) is 19.8 Å². The zero-order valence-corrected chi connectivity index (χ0v) is 12.3. The molecule has 3 nitrogen and oxygen atoms in total. The van der Waals surface area contributed by atoms with Gasteiger partial charge in [0.15, 0.2) is 0 Å². The number of benzene rings is 2. The van der Waals surface area contributed by atoms with Crippen molar-refractivity contribution >= 4 is 28.0 Å². The fourth-order valence-corrected chi connectivity index (χ4v) is 2.55. The highest BCUT2D eigenvalue weighted by molar-refractivity contribution is 5.99. The number of nitrogens with zero attached hydrogens (tertiary/aromatic N) is 1. The summed E-state index contributed by atoms with van der Waals surface area (Å²) in [6.45, 7) is 4.39. The maximum Gasteiger partial charge on any atom is 0.0957 e. The smallest absolute Gasteiger partial charge is 0.0957 e. The van der Waals surface area contributed by atoms with E-state index >= 15 is 0 Å². The lowest BCUT2D eigenvalue weighted by Crippen LogP contribution is -1.99. The SMILES string of the molecule is CC(C)c1ccccc1Nc1ccc(N)c2cccnc12. The highest BCUT2D eigenvalue weighted by Gasteiger charge is 2.09. The van der Waals surface area contributed by atoms with Gasteiger partial charge in [0.2, 0.25) is 0 Å². The summed E-state index contributed by atoms with van der Waals surface area (Å²) < 4.78 is 0. The van der Waals surface area contributed by atoms with Crippen molar-refractivity contribution in [3.05, 3.63) is 60.3 Å². The first kappa shape index (κ1) is 13.4. The summed E-state index contributed by atoms with van der Waals surface area (Å²) in [6, 6.07) is 16.2. The quantitative estimate of drug-likeness (QED) is 0.683. The Labute approximate surface area is 124 Å². The highest BCUT2D eigenvalue weighted by Crippen LogP contribution is 2.31. The van der Waals surface area contributed by atoms with E-state index in [0.29, 0.717) is 5.92 Å². The van der Waals surface area contributed by atoms with Crippen LogP contribution in [-0.4, -0.2) is 4.98 Å². The Morgan fingerprint density at radius 2 is 1.76 bits per heavy atom. The van der Waals surface area contributed by atoms with Gasteiger partial charge in [-0.3, -0.25) is 4.98 Å². The lowest BCUT2D eigenvalue weighted by molar-refractivity contribution is 0.869. The Balaban J connectivity index is 2.09. The summed E-state index contributed by atoms with van der Waals surface area (Å²) in [6.07, 6.45) is 1.79. The van der Waals surface area contributed by atoms with E-state index in [1.807, 2.05) is 30.3 Å². The van der Waals surface area contributed by atoms with Gasteiger partial charge in [-0.2, -0.15) is 0 Å². The second kappa shape index (κ2) is 5.44. The van der Waals surface area contributed by atoms with Crippen LogP contribution in [-0.2, 0) is 0 Å². The molecule has 1 aromatic heterocycles. The molecule has 0 radical (unpaired) electrons. The number of hydrogen-bond donors (Lipinski definition) is 2. The molecule has 0 atom stereocenters. The average Bonchev–Trinajstić information content (AvgIpc) is 2.51. The minimum atomic E-state index is 0.460. The number of nitrogen functional groups attached to an aromatic ring is 1. The largest absolute Gasteiger partial charge is 0.398 e. The molecule has 0 fully saturated rings. The molecular weight excluding hydrogens is 258 g/mol. The molecule has 1 heterocycles. The topological polar surface area (TPSA) is 50.9 Å². The molecular formula is C18H19N3. The molecule has 0 aliphatic heterocycles. The molecule has 0 unspecified atom stereocenters. The lowest BCUT2D eigenvalue weighted by Gasteiger charge is -2.16. The third kappa shape index (κ3) is 2.55. The average molecular weight is 277 g/mol. The maximum absolute atomic E-state index is 6.03. The van der Waals surface area contributed by atoms with Gasteiger partial charge in [0.1, 0.15) is 0 Å². The Bertz CT molecular complexity index is 778. The molecule has 0 amide bonds. The predicted octanol–water partition coefficient (Wildman–Crippen LogP) is 4.68. The van der Waals surface area contributed by atoms with Crippen LogP contribution in [0.25, 0.3) is 10.9 Å². The van der Waals surface area contributed by atoms with Gasteiger partial charge in [-0.15, -0.1) is 0 Å². The zero-order valence-electron chi connectivity index (χ0n) is 12.3. The standard InChI is InChI=1S/C18H19N3/c1-12(2)13-6-3-4-8-16(13)21-17-10-9-15(19)14-7-5-11-20-18(14)17/h3-12,21H,19H2,1-2H3. The number of nitrogens with one attached hydrogen (secondary N) is 1. The normalized spacial score (nSPS) is 11.0. The fourth-order valence-electron chi connectivity index (χ4n) is 2.55. The Morgan fingerprint density at radius 3 is 2.57 bits per heavy atom. The first-order chi connectivity index (χ1) is 10.2. The molecule has 3 rings (SSSR count). The first-order valence-electron chi connectivity index (χ1n) is 7.16. The summed E-state index contributed by atoms with van der Waals surface area (Å²) in [5.74, 6) is 0.460. The van der Waals surface area contributed by atoms with E-state index in [1.165, 1.54) is 5.56 Å². The monoisotopic (exact) mass is 277 g/mol. The molecule has 3 heteroatoms. The van der Waals surface area contributed by atoms with Crippen LogP contribution >= 0.6 is 0 Å². The van der Waals surface area contributed by atoms with E-state index < -0.39 is 0 Å². The summed E-state index contributed by atoms with van der Waals surface area (Å²) in [7, 11) is 0. The van der Waals surface area contributed by atoms with E-state index in [4.69, 9.17) is 5.73 Å². The summed E-state index contributed by atoms with van der Waals surface area (Å²) in [4.78, 5) is 4.47. The molecule has 0 bridgehead atoms. The molecule has 0 saturated heterocycles. The van der Waals surface area contributed by atoms with E-state index in [-0.39, 0.29) is 0 Å². The lowest BCUT2D eigenvalue weighted by atomic mass is 10.0. The van der Waals surface area contributed by atoms with Crippen molar-refractivity contribution in [3.63, 3.8) is 0 Å². The molecule has 106 valence electrons. The minimum absolute atomic E-state index is 0.460. The zero-order chi connectivity index (χ0) is 14.8. The highest BCUT2D eigenvalue weighted by atomic mass is 14.9. The number of rotatable bonds is 3. The van der Waals surface area contributed by atoms with Gasteiger partial charge in [0.05, 0.1) is 11.2 Å². The van der Waals surface area contributed by atoms with Gasteiger partial charge in [0.25, 0.3) is 0 Å². The predicted molar refractivity (Wildman–Crippen MR) is 90.0 cm³/mol. The number of fused-ring (bicyclic) bond motifs is 1. The van der Waals surface area contributed by atoms with Crippen molar-refractivity contribution in [2.24, 2.45) is 0 Å². The van der Waals surface area contributed by atoms with Gasteiger partial charge < -0.3 is 11.1 Å². The number of hydrogen-bond acceptors (Lipinski definition) is 3. The molecule has 2 aromatic carbocycles. The molecule has 0 spiro atoms. The number of aromatic nitrogens is 1. The van der Waals surface area contributed by atoms with Gasteiger partial charge in [0, 0.05) is 23.0 Å². The van der Waals surface area contributed by atoms with Crippen LogP contribution in [0.4, 0.5) is 17.1 Å². The number of pyridine rings is 1. The number of para-hydroxylation sites is 1. The Kier molecular flexibility index (Phi) is 3.48. The van der Waals surface area contributed by atoms with Crippen LogP contribution in [0, 0.1) is 0 Å². The van der Waals surface area contributed by atoms with E-state index in [0.717, 1.165) is 28.0 Å². The molecule has 3 N–H and O–H groups in total. The van der Waals surface area contributed by atoms with Gasteiger partial charge in [-0.1, -0.05) is 32.0 Å². The van der Waals surface area contributed by atoms with Gasteiger partial charge in [-0.05, 0) is 41.8 Å². The molecule has 0 aliphatic rings. The van der Waals surface area contributed by atoms with Crippen LogP contribution in [0.15, 0.2) is 54.7 Å². The maximum atomic E-state index is 6.03. The summed E-state index contributed by atoms with van der Waals surface area (Å²) in [5, 5.41) is 4.48. The van der Waals surface area contributed by atoms with Crippen molar-refractivity contribution in [1.82, 2.24) is 4.98 Å². The number of anilines is 3. The van der Waals surface area contributed by atoms with Crippen LogP contribution in [0.1, 0.15) is 25.3 Å². The van der Waals surface area contributed by atoms with Crippen molar-refractivity contribution < 1.29 is 0 Å². The third-order valence-electron chi connectivity index (χ3n) is 3.66. The van der Waals surface area contributed by atoms with E-state index in [1.54, 1.807) is 6.20 Å². The first-order valence-corrected chi connectivity index (χ1v) is 7.16. The molecule has 3 aromatic rings. The third-order valence-corrected chi connectivity index (χ3v) is 3.66. The van der Waals surface area contributed by atoms with E-state index in [9.17, 15) is 0 Å².